The van der Waals surface area contributed by atoms with Gasteiger partial charge in [0.1, 0.15) is 0 Å². The number of benzene rings is 2. The van der Waals surface area contributed by atoms with Gasteiger partial charge in [-0.15, -0.1) is 0 Å². The van der Waals surface area contributed by atoms with Gasteiger partial charge in [0.2, 0.25) is 5.79 Å². The van der Waals surface area contributed by atoms with Crippen molar-refractivity contribution in [2.45, 2.75) is 90.1 Å². The Morgan fingerprint density at radius 3 is 2.15 bits per heavy atom. The van der Waals surface area contributed by atoms with Crippen molar-refractivity contribution in [1.29, 1.82) is 0 Å². The molecule has 1 aliphatic carbocycles. The molecule has 0 aromatic heterocycles. The molecule has 2 aromatic carbocycles. The van der Waals surface area contributed by atoms with Crippen LogP contribution in [-0.4, -0.2) is 59.9 Å². The highest BCUT2D eigenvalue weighted by Crippen LogP contribution is 2.60. The maximum Gasteiger partial charge on any atom is 0.201 e. The van der Waals surface area contributed by atoms with E-state index in [4.69, 9.17) is 24.0 Å². The van der Waals surface area contributed by atoms with Crippen molar-refractivity contribution in [2.75, 3.05) is 26.2 Å². The highest BCUT2D eigenvalue weighted by atomic mass is 17.3. The van der Waals surface area contributed by atoms with Crippen molar-refractivity contribution < 1.29 is 24.0 Å². The monoisotopic (exact) mass is 562 g/mol. The molecule has 41 heavy (non-hydrogen) atoms. The fourth-order valence-electron chi connectivity index (χ4n) is 8.19. The standard InChI is InChI=1S/C34H46N2O5/c1-24-9-14-30-25(2)31(38-32-34(30)29(24)15-16-33(3,39-32)40-41-34)37-23-28-12-10-27(11-13-28)22-36-19-17-35(18-20-36)21-26-7-5-4-6-8-26/h4-8,10-13,24-25,29-32H,9,14-23H2,1-3H3/t24-,25-,29+,30-,31+,32+,33+,34-/m1/s1. The van der Waals surface area contributed by atoms with E-state index in [1.807, 2.05) is 6.92 Å². The average molecular weight is 563 g/mol. The van der Waals surface area contributed by atoms with Crippen LogP contribution in [0, 0.1) is 23.7 Å². The van der Waals surface area contributed by atoms with Crippen LogP contribution in [-0.2, 0) is 43.7 Å². The highest BCUT2D eigenvalue weighted by molar-refractivity contribution is 5.22. The van der Waals surface area contributed by atoms with E-state index in [-0.39, 0.29) is 18.1 Å². The lowest BCUT2D eigenvalue weighted by molar-refractivity contribution is -0.577. The molecule has 0 unspecified atom stereocenters. The van der Waals surface area contributed by atoms with Gasteiger partial charge in [-0.3, -0.25) is 9.80 Å². The Kier molecular flexibility index (Phi) is 7.74. The Morgan fingerprint density at radius 2 is 1.44 bits per heavy atom. The summed E-state index contributed by atoms with van der Waals surface area (Å²) in [7, 11) is 0. The molecule has 5 heterocycles. The Balaban J connectivity index is 0.934. The summed E-state index contributed by atoms with van der Waals surface area (Å²) in [5.74, 6) is 0.651. The van der Waals surface area contributed by atoms with E-state index in [0.717, 1.165) is 58.5 Å². The number of nitrogens with zero attached hydrogens (tertiary/aromatic N) is 2. The molecule has 1 saturated carbocycles. The van der Waals surface area contributed by atoms with E-state index < -0.39 is 17.7 Å². The predicted molar refractivity (Wildman–Crippen MR) is 155 cm³/mol. The molecule has 8 rings (SSSR count). The van der Waals surface area contributed by atoms with Crippen LogP contribution in [0.4, 0.5) is 0 Å². The molecule has 8 atom stereocenters. The molecule has 2 aromatic rings. The summed E-state index contributed by atoms with van der Waals surface area (Å²) in [5.41, 5.74) is 3.38. The number of fused-ring (bicyclic) bond motifs is 2. The molecule has 5 saturated heterocycles. The molecule has 0 N–H and O–H groups in total. The quantitative estimate of drug-likeness (QED) is 0.400. The van der Waals surface area contributed by atoms with Gasteiger partial charge >= 0.3 is 0 Å². The molecular weight excluding hydrogens is 516 g/mol. The summed E-state index contributed by atoms with van der Waals surface area (Å²) < 4.78 is 19.5. The second-order valence-electron chi connectivity index (χ2n) is 13.4. The molecule has 5 aliphatic heterocycles. The Hall–Kier alpha value is -1.84. The number of ether oxygens (including phenoxy) is 3. The van der Waals surface area contributed by atoms with Crippen LogP contribution in [0.5, 0.6) is 0 Å². The van der Waals surface area contributed by atoms with E-state index in [9.17, 15) is 0 Å². The van der Waals surface area contributed by atoms with Crippen LogP contribution >= 0.6 is 0 Å². The van der Waals surface area contributed by atoms with Crippen LogP contribution in [0.1, 0.15) is 63.1 Å². The molecule has 0 radical (unpaired) electrons. The smallest absolute Gasteiger partial charge is 0.201 e. The topological polar surface area (TPSA) is 52.6 Å². The summed E-state index contributed by atoms with van der Waals surface area (Å²) in [6.07, 6.45) is 3.36. The van der Waals surface area contributed by atoms with Crippen LogP contribution in [0.2, 0.25) is 0 Å². The zero-order valence-electron chi connectivity index (χ0n) is 24.9. The van der Waals surface area contributed by atoms with Crippen LogP contribution in [0.25, 0.3) is 0 Å². The van der Waals surface area contributed by atoms with Crippen molar-refractivity contribution in [2.24, 2.45) is 23.7 Å². The first-order valence-electron chi connectivity index (χ1n) is 15.8. The van der Waals surface area contributed by atoms with Gasteiger partial charge < -0.3 is 14.2 Å². The first kappa shape index (κ1) is 28.0. The number of hydrogen-bond acceptors (Lipinski definition) is 7. The molecule has 222 valence electrons. The third kappa shape index (κ3) is 5.40. The van der Waals surface area contributed by atoms with Crippen LogP contribution in [0.3, 0.4) is 0 Å². The summed E-state index contributed by atoms with van der Waals surface area (Å²) >= 11 is 0. The third-order valence-electron chi connectivity index (χ3n) is 10.7. The van der Waals surface area contributed by atoms with E-state index in [2.05, 4.69) is 78.2 Å². The van der Waals surface area contributed by atoms with Gasteiger partial charge in [-0.25, -0.2) is 9.78 Å². The van der Waals surface area contributed by atoms with E-state index in [1.54, 1.807) is 0 Å². The average Bonchev–Trinajstić information content (AvgIpc) is 3.22. The first-order chi connectivity index (χ1) is 19.9. The third-order valence-corrected chi connectivity index (χ3v) is 10.7. The first-order valence-corrected chi connectivity index (χ1v) is 15.8. The molecule has 7 heteroatoms. The minimum atomic E-state index is -0.757. The van der Waals surface area contributed by atoms with Crippen molar-refractivity contribution >= 4 is 0 Å². The van der Waals surface area contributed by atoms with E-state index >= 15 is 0 Å². The lowest BCUT2D eigenvalue weighted by atomic mass is 9.58. The summed E-state index contributed by atoms with van der Waals surface area (Å²) in [5, 5.41) is 0. The van der Waals surface area contributed by atoms with Gasteiger partial charge in [-0.2, -0.15) is 0 Å². The molecule has 1 spiro atoms. The Bertz CT molecular complexity index is 1170. The molecule has 6 aliphatic rings. The summed E-state index contributed by atoms with van der Waals surface area (Å²) in [6, 6.07) is 19.7. The lowest BCUT2D eigenvalue weighted by Gasteiger charge is -2.60. The van der Waals surface area contributed by atoms with Crippen LogP contribution < -0.4 is 0 Å². The van der Waals surface area contributed by atoms with Gasteiger partial charge in [0, 0.05) is 57.5 Å². The van der Waals surface area contributed by atoms with Crippen LogP contribution in [0.15, 0.2) is 54.6 Å². The fourth-order valence-corrected chi connectivity index (χ4v) is 8.19. The zero-order chi connectivity index (χ0) is 28.0. The molecule has 2 bridgehead atoms. The van der Waals surface area contributed by atoms with Gasteiger partial charge in [-0.1, -0.05) is 68.4 Å². The van der Waals surface area contributed by atoms with Gasteiger partial charge in [-0.05, 0) is 54.7 Å². The predicted octanol–water partition coefficient (Wildman–Crippen LogP) is 5.73. The molecule has 6 fully saturated rings. The SMILES string of the molecule is C[C@H]1[C@@H](OCc2ccc(CN3CCN(Cc4ccccc4)CC3)cc2)O[C@H]2O[C@]3(C)CC[C@H]4[C@H](C)CC[C@H]1[C@@]24OO3. The maximum absolute atomic E-state index is 6.59. The maximum atomic E-state index is 6.59. The molecular formula is C34H46N2O5. The second kappa shape index (κ2) is 11.3. The molecule has 0 amide bonds. The van der Waals surface area contributed by atoms with Crippen molar-refractivity contribution in [1.82, 2.24) is 9.80 Å². The minimum Gasteiger partial charge on any atom is -0.348 e. The lowest BCUT2D eigenvalue weighted by Crippen LogP contribution is -2.70. The summed E-state index contributed by atoms with van der Waals surface area (Å²) in [6.45, 7) is 13.6. The minimum absolute atomic E-state index is 0.190. The van der Waals surface area contributed by atoms with Crippen molar-refractivity contribution in [3.8, 4) is 0 Å². The van der Waals surface area contributed by atoms with E-state index in [0.29, 0.717) is 18.4 Å². The second-order valence-corrected chi connectivity index (χ2v) is 13.4. The summed E-state index contributed by atoms with van der Waals surface area (Å²) in [4.78, 5) is 17.3. The Labute approximate surface area is 245 Å². The number of hydrogen-bond donors (Lipinski definition) is 0. The number of rotatable bonds is 7. The van der Waals surface area contributed by atoms with E-state index in [1.165, 1.54) is 23.1 Å². The van der Waals surface area contributed by atoms with Crippen molar-refractivity contribution in [3.05, 3.63) is 71.3 Å². The largest absolute Gasteiger partial charge is 0.348 e. The van der Waals surface area contributed by atoms with Gasteiger partial charge in [0.25, 0.3) is 0 Å². The van der Waals surface area contributed by atoms with Gasteiger partial charge in [0.15, 0.2) is 18.2 Å². The van der Waals surface area contributed by atoms with Crippen molar-refractivity contribution in [3.63, 3.8) is 0 Å². The highest BCUT2D eigenvalue weighted by Gasteiger charge is 2.69. The normalized spacial score (nSPS) is 39.3. The Morgan fingerprint density at radius 1 is 0.780 bits per heavy atom. The fraction of sp³-hybridized carbons (Fsp3) is 0.647. The molecule has 7 nitrogen and oxygen atoms in total. The van der Waals surface area contributed by atoms with Gasteiger partial charge in [0.05, 0.1) is 6.61 Å². The number of piperazine rings is 1. The zero-order valence-corrected chi connectivity index (χ0v) is 24.9.